The molecule has 0 unspecified atom stereocenters. The second-order valence-corrected chi connectivity index (χ2v) is 7.93. The second-order valence-electron chi connectivity index (χ2n) is 7.93. The number of imidazole rings is 1. The zero-order valence-corrected chi connectivity index (χ0v) is 17.8. The average Bonchev–Trinajstić information content (AvgIpc) is 3.16. The Balaban J connectivity index is 1.82. The first-order chi connectivity index (χ1) is 15.6. The summed E-state index contributed by atoms with van der Waals surface area (Å²) in [6.45, 7) is 4.81. The number of carbonyl (C=O) groups is 1. The van der Waals surface area contributed by atoms with E-state index in [0.717, 1.165) is 47.6 Å². The predicted molar refractivity (Wildman–Crippen MR) is 122 cm³/mol. The molecule has 4 aromatic rings. The molecular formula is C24H24FN5O2. The molecule has 7 nitrogen and oxygen atoms in total. The predicted octanol–water partition coefficient (Wildman–Crippen LogP) is 3.60. The minimum absolute atomic E-state index is 0.336. The zero-order chi connectivity index (χ0) is 22.2. The normalized spacial score (nSPS) is 14.4. The summed E-state index contributed by atoms with van der Waals surface area (Å²) in [5.41, 5.74) is 9.85. The number of halogens is 1. The number of benzene rings is 2. The number of pyridine rings is 1. The third kappa shape index (κ3) is 3.46. The van der Waals surface area contributed by atoms with Crippen molar-refractivity contribution in [3.63, 3.8) is 0 Å². The third-order valence-corrected chi connectivity index (χ3v) is 5.85. The summed E-state index contributed by atoms with van der Waals surface area (Å²) >= 11 is 0. The number of hydrogen-bond acceptors (Lipinski definition) is 5. The molecule has 5 rings (SSSR count). The summed E-state index contributed by atoms with van der Waals surface area (Å²) in [6.07, 6.45) is 3.26. The van der Waals surface area contributed by atoms with Gasteiger partial charge in [0.25, 0.3) is 5.91 Å². The highest BCUT2D eigenvalue weighted by atomic mass is 19.1. The lowest BCUT2D eigenvalue weighted by atomic mass is 10.1. The monoisotopic (exact) mass is 433 g/mol. The van der Waals surface area contributed by atoms with Crippen molar-refractivity contribution in [1.29, 1.82) is 0 Å². The molecule has 0 atom stereocenters. The van der Waals surface area contributed by atoms with E-state index in [1.54, 1.807) is 12.3 Å². The van der Waals surface area contributed by atoms with Gasteiger partial charge >= 0.3 is 0 Å². The fraction of sp³-hybridized carbons (Fsp3) is 0.292. The Labute approximate surface area is 184 Å². The van der Waals surface area contributed by atoms with E-state index in [-0.39, 0.29) is 5.82 Å². The van der Waals surface area contributed by atoms with Gasteiger partial charge in [0.15, 0.2) is 0 Å². The summed E-state index contributed by atoms with van der Waals surface area (Å²) in [5.74, 6) is -0.0301. The Kier molecular flexibility index (Phi) is 5.22. The standard InChI is InChI=1S/C24H24FN5O2/c1-2-3-22-28-23-18(24(26)31)13-16(29-8-10-32-11-9-29)14-21(23)30(22)20-6-7-27-19-12-15(25)4-5-17(19)20/h4-7,12-14H,2-3,8-11H2,1H3,(H2,26,31). The average molecular weight is 433 g/mol. The number of ether oxygens (including phenoxy) is 1. The zero-order valence-electron chi connectivity index (χ0n) is 17.8. The van der Waals surface area contributed by atoms with Crippen molar-refractivity contribution in [2.24, 2.45) is 5.73 Å². The number of aromatic nitrogens is 3. The number of hydrogen-bond donors (Lipinski definition) is 1. The maximum atomic E-state index is 13.8. The summed E-state index contributed by atoms with van der Waals surface area (Å²) in [5, 5.41) is 0.808. The highest BCUT2D eigenvalue weighted by molar-refractivity contribution is 6.06. The minimum atomic E-state index is -0.514. The molecule has 0 radical (unpaired) electrons. The van der Waals surface area contributed by atoms with Crippen molar-refractivity contribution < 1.29 is 13.9 Å². The first-order valence-electron chi connectivity index (χ1n) is 10.8. The quantitative estimate of drug-likeness (QED) is 0.520. The Morgan fingerprint density at radius 1 is 1.19 bits per heavy atom. The van der Waals surface area contributed by atoms with E-state index in [1.165, 1.54) is 12.1 Å². The van der Waals surface area contributed by atoms with Crippen LogP contribution < -0.4 is 10.6 Å². The third-order valence-electron chi connectivity index (χ3n) is 5.85. The van der Waals surface area contributed by atoms with Crippen LogP contribution in [0.15, 0.2) is 42.6 Å². The molecule has 0 aliphatic carbocycles. The first-order valence-corrected chi connectivity index (χ1v) is 10.8. The Hall–Kier alpha value is -3.52. The lowest BCUT2D eigenvalue weighted by Gasteiger charge is -2.29. The number of morpholine rings is 1. The van der Waals surface area contributed by atoms with Gasteiger partial charge < -0.3 is 15.4 Å². The van der Waals surface area contributed by atoms with Gasteiger partial charge in [-0.3, -0.25) is 14.3 Å². The minimum Gasteiger partial charge on any atom is -0.378 e. The number of primary amides is 1. The summed E-state index contributed by atoms with van der Waals surface area (Å²) in [6, 6.07) is 10.4. The topological polar surface area (TPSA) is 86.3 Å². The largest absolute Gasteiger partial charge is 0.378 e. The molecule has 0 saturated carbocycles. The Bertz CT molecular complexity index is 1330. The number of anilines is 1. The number of nitrogens with two attached hydrogens (primary N) is 1. The fourth-order valence-electron chi connectivity index (χ4n) is 4.36. The van der Waals surface area contributed by atoms with Gasteiger partial charge in [0.05, 0.1) is 35.5 Å². The number of aryl methyl sites for hydroxylation is 1. The first kappa shape index (κ1) is 20.4. The molecular weight excluding hydrogens is 409 g/mol. The van der Waals surface area contributed by atoms with E-state index in [2.05, 4.69) is 27.4 Å². The maximum Gasteiger partial charge on any atom is 0.251 e. The van der Waals surface area contributed by atoms with Gasteiger partial charge in [-0.2, -0.15) is 0 Å². The smallest absolute Gasteiger partial charge is 0.251 e. The van der Waals surface area contributed by atoms with E-state index in [4.69, 9.17) is 15.5 Å². The van der Waals surface area contributed by atoms with Crippen LogP contribution in [0.1, 0.15) is 29.5 Å². The SMILES string of the molecule is CCCc1nc2c(C(N)=O)cc(N3CCOCC3)cc2n1-c1ccnc2cc(F)ccc12. The van der Waals surface area contributed by atoms with Crippen LogP contribution in [0.3, 0.4) is 0 Å². The molecule has 2 N–H and O–H groups in total. The van der Waals surface area contributed by atoms with E-state index in [9.17, 15) is 9.18 Å². The van der Waals surface area contributed by atoms with Gasteiger partial charge in [-0.25, -0.2) is 9.37 Å². The van der Waals surface area contributed by atoms with Crippen LogP contribution in [0.25, 0.3) is 27.6 Å². The van der Waals surface area contributed by atoms with Crippen LogP contribution >= 0.6 is 0 Å². The summed E-state index contributed by atoms with van der Waals surface area (Å²) in [4.78, 5) is 23.7. The lowest BCUT2D eigenvalue weighted by molar-refractivity contribution is 0.100. The van der Waals surface area contributed by atoms with Crippen LogP contribution in [-0.4, -0.2) is 46.7 Å². The molecule has 32 heavy (non-hydrogen) atoms. The summed E-state index contributed by atoms with van der Waals surface area (Å²) in [7, 11) is 0. The molecule has 1 aliphatic rings. The van der Waals surface area contributed by atoms with E-state index in [1.807, 2.05) is 12.1 Å². The number of amides is 1. The molecule has 1 saturated heterocycles. The number of carbonyl (C=O) groups excluding carboxylic acids is 1. The van der Waals surface area contributed by atoms with Gasteiger partial charge in [-0.05, 0) is 36.8 Å². The van der Waals surface area contributed by atoms with Crippen LogP contribution in [0.5, 0.6) is 0 Å². The van der Waals surface area contributed by atoms with Crippen molar-refractivity contribution in [2.75, 3.05) is 31.2 Å². The number of nitrogens with zero attached hydrogens (tertiary/aromatic N) is 4. The molecule has 2 aromatic heterocycles. The van der Waals surface area contributed by atoms with Gasteiger partial charge in [0.2, 0.25) is 0 Å². The molecule has 164 valence electrons. The maximum absolute atomic E-state index is 13.8. The Morgan fingerprint density at radius 3 is 2.75 bits per heavy atom. The summed E-state index contributed by atoms with van der Waals surface area (Å²) < 4.78 is 21.4. The van der Waals surface area contributed by atoms with Gasteiger partial charge in [-0.1, -0.05) is 6.92 Å². The van der Waals surface area contributed by atoms with E-state index in [0.29, 0.717) is 36.2 Å². The van der Waals surface area contributed by atoms with Gasteiger partial charge in [0.1, 0.15) is 17.2 Å². The van der Waals surface area contributed by atoms with Crippen molar-refractivity contribution >= 4 is 33.5 Å². The van der Waals surface area contributed by atoms with Gasteiger partial charge in [-0.15, -0.1) is 0 Å². The lowest BCUT2D eigenvalue weighted by Crippen LogP contribution is -2.36. The molecule has 0 spiro atoms. The molecule has 3 heterocycles. The number of rotatable bonds is 5. The molecule has 0 bridgehead atoms. The molecule has 1 amide bonds. The van der Waals surface area contributed by atoms with Crippen molar-refractivity contribution in [1.82, 2.24) is 14.5 Å². The molecule has 1 aliphatic heterocycles. The van der Waals surface area contributed by atoms with Crippen LogP contribution in [0.4, 0.5) is 10.1 Å². The van der Waals surface area contributed by atoms with E-state index < -0.39 is 5.91 Å². The van der Waals surface area contributed by atoms with Crippen molar-refractivity contribution in [3.05, 3.63) is 59.8 Å². The molecule has 1 fully saturated rings. The highest BCUT2D eigenvalue weighted by Crippen LogP contribution is 2.32. The van der Waals surface area contributed by atoms with Crippen molar-refractivity contribution in [3.8, 4) is 5.69 Å². The van der Waals surface area contributed by atoms with Crippen LogP contribution in [0, 0.1) is 5.82 Å². The number of fused-ring (bicyclic) bond motifs is 2. The van der Waals surface area contributed by atoms with Gasteiger partial charge in [0, 0.05) is 42.8 Å². The van der Waals surface area contributed by atoms with Crippen LogP contribution in [0.2, 0.25) is 0 Å². The highest BCUT2D eigenvalue weighted by Gasteiger charge is 2.22. The molecule has 8 heteroatoms. The fourth-order valence-corrected chi connectivity index (χ4v) is 4.36. The Morgan fingerprint density at radius 2 is 2.00 bits per heavy atom. The van der Waals surface area contributed by atoms with Crippen molar-refractivity contribution in [2.45, 2.75) is 19.8 Å². The van der Waals surface area contributed by atoms with Crippen LogP contribution in [-0.2, 0) is 11.2 Å². The second kappa shape index (κ2) is 8.20. The van der Waals surface area contributed by atoms with E-state index >= 15 is 0 Å². The molecule has 2 aromatic carbocycles.